The second-order valence-electron chi connectivity index (χ2n) is 6.39. The van der Waals surface area contributed by atoms with Crippen molar-refractivity contribution in [1.82, 2.24) is 4.57 Å². The van der Waals surface area contributed by atoms with E-state index in [-0.39, 0.29) is 5.97 Å². The lowest BCUT2D eigenvalue weighted by Crippen LogP contribution is -2.13. The molecule has 0 bridgehead atoms. The van der Waals surface area contributed by atoms with Crippen LogP contribution in [0, 0.1) is 0 Å². The number of esters is 1. The number of nitrogens with zero attached hydrogens (tertiary/aromatic N) is 1. The summed E-state index contributed by atoms with van der Waals surface area (Å²) in [5.41, 5.74) is 1.57. The third-order valence-corrected chi connectivity index (χ3v) is 4.58. The molecule has 0 N–H and O–H groups in total. The highest BCUT2D eigenvalue weighted by atomic mass is 16.5. The van der Waals surface area contributed by atoms with Crippen molar-refractivity contribution in [2.75, 3.05) is 13.7 Å². The molecular formula is C21H31NO3. The van der Waals surface area contributed by atoms with E-state index in [1.54, 1.807) is 7.11 Å². The predicted octanol–water partition coefficient (Wildman–Crippen LogP) is 5.58. The fraction of sp³-hybridized carbons (Fsp3) is 0.571. The van der Waals surface area contributed by atoms with Gasteiger partial charge >= 0.3 is 5.97 Å². The maximum atomic E-state index is 12.5. The predicted molar refractivity (Wildman–Crippen MR) is 102 cm³/mol. The zero-order valence-electron chi connectivity index (χ0n) is 15.8. The lowest BCUT2D eigenvalue weighted by molar-refractivity contribution is 0.0510. The first-order valence-corrected chi connectivity index (χ1v) is 9.56. The summed E-state index contributed by atoms with van der Waals surface area (Å²) >= 11 is 0. The summed E-state index contributed by atoms with van der Waals surface area (Å²) in [5, 5.41) is 0.969. The van der Waals surface area contributed by atoms with Crippen molar-refractivity contribution < 1.29 is 14.3 Å². The minimum atomic E-state index is -0.307. The molecule has 0 unspecified atom stereocenters. The van der Waals surface area contributed by atoms with E-state index in [1.165, 1.54) is 38.5 Å². The van der Waals surface area contributed by atoms with Gasteiger partial charge < -0.3 is 14.0 Å². The number of benzene rings is 1. The molecule has 1 aromatic heterocycles. The topological polar surface area (TPSA) is 40.5 Å². The van der Waals surface area contributed by atoms with E-state index >= 15 is 0 Å². The van der Waals surface area contributed by atoms with Crippen molar-refractivity contribution in [1.29, 1.82) is 0 Å². The monoisotopic (exact) mass is 345 g/mol. The number of ether oxygens (including phenoxy) is 2. The van der Waals surface area contributed by atoms with E-state index < -0.39 is 0 Å². The fourth-order valence-corrected chi connectivity index (χ4v) is 3.34. The summed E-state index contributed by atoms with van der Waals surface area (Å²) in [6.07, 6.45) is 8.72. The number of methoxy groups -OCH3 is 1. The smallest absolute Gasteiger partial charge is 0.358 e. The minimum Gasteiger partial charge on any atom is -0.494 e. The Morgan fingerprint density at radius 3 is 2.36 bits per heavy atom. The van der Waals surface area contributed by atoms with Crippen molar-refractivity contribution in [3.8, 4) is 5.75 Å². The quantitative estimate of drug-likeness (QED) is 0.394. The van der Waals surface area contributed by atoms with Crippen LogP contribution in [0.25, 0.3) is 10.9 Å². The van der Waals surface area contributed by atoms with Gasteiger partial charge in [-0.3, -0.25) is 0 Å². The second-order valence-corrected chi connectivity index (χ2v) is 6.39. The Balaban J connectivity index is 2.16. The SMILES string of the molecule is CCCCCCCCCn1c(C(=O)OCC)c(OC)c2ccccc21. The molecule has 0 aliphatic rings. The van der Waals surface area contributed by atoms with Crippen molar-refractivity contribution in [2.24, 2.45) is 0 Å². The molecule has 1 heterocycles. The van der Waals surface area contributed by atoms with Crippen LogP contribution in [-0.4, -0.2) is 24.3 Å². The van der Waals surface area contributed by atoms with Gasteiger partial charge in [0.1, 0.15) is 0 Å². The molecule has 2 aromatic rings. The van der Waals surface area contributed by atoms with E-state index in [9.17, 15) is 4.79 Å². The summed E-state index contributed by atoms with van der Waals surface area (Å²) in [7, 11) is 1.61. The summed E-state index contributed by atoms with van der Waals surface area (Å²) in [5.74, 6) is 0.315. The molecule has 0 fully saturated rings. The van der Waals surface area contributed by atoms with E-state index in [4.69, 9.17) is 9.47 Å². The van der Waals surface area contributed by atoms with Crippen LogP contribution in [0.4, 0.5) is 0 Å². The largest absolute Gasteiger partial charge is 0.494 e. The Kier molecular flexibility index (Phi) is 7.83. The number of aromatic nitrogens is 1. The number of para-hydroxylation sites is 1. The summed E-state index contributed by atoms with van der Waals surface area (Å²) in [6.45, 7) is 5.24. The van der Waals surface area contributed by atoms with Gasteiger partial charge in [0.05, 0.1) is 19.2 Å². The van der Waals surface area contributed by atoms with Crippen molar-refractivity contribution in [2.45, 2.75) is 65.3 Å². The van der Waals surface area contributed by atoms with Gasteiger partial charge in [0.15, 0.2) is 11.4 Å². The number of hydrogen-bond donors (Lipinski definition) is 0. The van der Waals surface area contributed by atoms with Crippen molar-refractivity contribution in [3.05, 3.63) is 30.0 Å². The van der Waals surface area contributed by atoms with E-state index in [2.05, 4.69) is 11.5 Å². The van der Waals surface area contributed by atoms with Crippen molar-refractivity contribution >= 4 is 16.9 Å². The molecule has 1 aromatic carbocycles. The zero-order valence-corrected chi connectivity index (χ0v) is 15.8. The molecule has 2 rings (SSSR count). The van der Waals surface area contributed by atoms with Crippen LogP contribution in [-0.2, 0) is 11.3 Å². The molecule has 0 atom stereocenters. The number of aryl methyl sites for hydroxylation is 1. The average Bonchev–Trinajstić information content (AvgIpc) is 2.95. The van der Waals surface area contributed by atoms with Crippen molar-refractivity contribution in [3.63, 3.8) is 0 Å². The average molecular weight is 345 g/mol. The number of fused-ring (bicyclic) bond motifs is 1. The third kappa shape index (κ3) is 4.77. The lowest BCUT2D eigenvalue weighted by Gasteiger charge is -2.11. The molecule has 4 nitrogen and oxygen atoms in total. The molecule has 0 saturated heterocycles. The first-order chi connectivity index (χ1) is 12.2. The molecule has 0 radical (unpaired) electrons. The Labute approximate surface area is 151 Å². The van der Waals surface area contributed by atoms with Crippen LogP contribution in [0.1, 0.15) is 69.3 Å². The van der Waals surface area contributed by atoms with Crippen LogP contribution < -0.4 is 4.74 Å². The van der Waals surface area contributed by atoms with E-state index in [0.29, 0.717) is 18.1 Å². The van der Waals surface area contributed by atoms with Gasteiger partial charge in [0.2, 0.25) is 0 Å². The highest BCUT2D eigenvalue weighted by Crippen LogP contribution is 2.34. The van der Waals surface area contributed by atoms with Gasteiger partial charge in [-0.15, -0.1) is 0 Å². The molecule has 0 amide bonds. The molecule has 138 valence electrons. The molecular weight excluding hydrogens is 314 g/mol. The number of hydrogen-bond acceptors (Lipinski definition) is 3. The number of unbranched alkanes of at least 4 members (excludes halogenated alkanes) is 6. The maximum Gasteiger partial charge on any atom is 0.358 e. The molecule has 0 spiro atoms. The van der Waals surface area contributed by atoms with Crippen LogP contribution in [0.2, 0.25) is 0 Å². The number of carbonyl (C=O) groups excluding carboxylic acids is 1. The minimum absolute atomic E-state index is 0.307. The van der Waals surface area contributed by atoms with Gasteiger partial charge in [0.25, 0.3) is 0 Å². The van der Waals surface area contributed by atoms with Gasteiger partial charge in [-0.2, -0.15) is 0 Å². The molecule has 0 aliphatic carbocycles. The standard InChI is InChI=1S/C21H31NO3/c1-4-6-7-8-9-10-13-16-22-18-15-12-11-14-17(18)20(24-3)19(22)21(23)25-5-2/h11-12,14-15H,4-10,13,16H2,1-3H3. The Bertz CT molecular complexity index is 675. The van der Waals surface area contributed by atoms with Gasteiger partial charge in [-0.25, -0.2) is 4.79 Å². The first-order valence-electron chi connectivity index (χ1n) is 9.56. The first kappa shape index (κ1) is 19.4. The summed E-state index contributed by atoms with van der Waals surface area (Å²) < 4.78 is 12.9. The zero-order chi connectivity index (χ0) is 18.1. The fourth-order valence-electron chi connectivity index (χ4n) is 3.34. The van der Waals surface area contributed by atoms with Crippen LogP contribution in [0.3, 0.4) is 0 Å². The molecule has 25 heavy (non-hydrogen) atoms. The normalized spacial score (nSPS) is 11.0. The Hall–Kier alpha value is -1.97. The molecule has 0 saturated carbocycles. The molecule has 4 heteroatoms. The Morgan fingerprint density at radius 1 is 1.00 bits per heavy atom. The third-order valence-electron chi connectivity index (χ3n) is 4.58. The van der Waals surface area contributed by atoms with Gasteiger partial charge in [-0.1, -0.05) is 57.6 Å². The Morgan fingerprint density at radius 2 is 1.68 bits per heavy atom. The van der Waals surface area contributed by atoms with Gasteiger partial charge in [0, 0.05) is 11.9 Å². The van der Waals surface area contributed by atoms with Gasteiger partial charge in [-0.05, 0) is 25.5 Å². The highest BCUT2D eigenvalue weighted by Gasteiger charge is 2.24. The molecule has 0 aliphatic heterocycles. The number of rotatable bonds is 11. The number of carbonyl (C=O) groups is 1. The van der Waals surface area contributed by atoms with Crippen LogP contribution in [0.5, 0.6) is 5.75 Å². The highest BCUT2D eigenvalue weighted by molar-refractivity contribution is 6.01. The lowest BCUT2D eigenvalue weighted by atomic mass is 10.1. The van der Waals surface area contributed by atoms with E-state index in [0.717, 1.165) is 23.9 Å². The maximum absolute atomic E-state index is 12.5. The van der Waals surface area contributed by atoms with Crippen LogP contribution in [0.15, 0.2) is 24.3 Å². The summed E-state index contributed by atoms with van der Waals surface area (Å²) in [4.78, 5) is 12.5. The second kappa shape index (κ2) is 10.1. The van der Waals surface area contributed by atoms with E-state index in [1.807, 2.05) is 31.2 Å². The summed E-state index contributed by atoms with van der Waals surface area (Å²) in [6, 6.07) is 8.01. The van der Waals surface area contributed by atoms with Crippen LogP contribution >= 0.6 is 0 Å².